The highest BCUT2D eigenvalue weighted by molar-refractivity contribution is 6.30. The molecule has 0 bridgehead atoms. The third-order valence-electron chi connectivity index (χ3n) is 5.59. The lowest BCUT2D eigenvalue weighted by Gasteiger charge is -2.45. The number of urea groups is 2. The van der Waals surface area contributed by atoms with Crippen molar-refractivity contribution < 1.29 is 19.1 Å². The van der Waals surface area contributed by atoms with Crippen molar-refractivity contribution in [3.63, 3.8) is 0 Å². The maximum absolute atomic E-state index is 13.3. The molecule has 1 fully saturated rings. The average molecular weight is 553 g/mol. The molecule has 200 valence electrons. The number of ether oxygens (including phenoxy) is 1. The van der Waals surface area contributed by atoms with Gasteiger partial charge in [0.05, 0.1) is 19.6 Å². The molecule has 1 aliphatic rings. The molecule has 2 aromatic carbocycles. The van der Waals surface area contributed by atoms with E-state index >= 15 is 0 Å². The van der Waals surface area contributed by atoms with E-state index in [1.54, 1.807) is 48.5 Å². The molecule has 2 heterocycles. The van der Waals surface area contributed by atoms with E-state index in [-0.39, 0.29) is 31.1 Å². The molecule has 0 aliphatic carbocycles. The zero-order valence-corrected chi connectivity index (χ0v) is 20.9. The van der Waals surface area contributed by atoms with Gasteiger partial charge in [0.15, 0.2) is 0 Å². The van der Waals surface area contributed by atoms with Crippen LogP contribution in [-0.2, 0) is 6.54 Å². The van der Waals surface area contributed by atoms with E-state index in [2.05, 4.69) is 20.7 Å². The van der Waals surface area contributed by atoms with E-state index in [4.69, 9.17) is 22.2 Å². The number of nitroso groups, excluding NO2 is 2. The van der Waals surface area contributed by atoms with Crippen LogP contribution < -0.4 is 15.9 Å². The molecular formula is C24H21ClN8O6. The summed E-state index contributed by atoms with van der Waals surface area (Å²) in [5, 5.41) is 9.50. The van der Waals surface area contributed by atoms with Gasteiger partial charge in [-0.2, -0.15) is 4.91 Å². The number of hydrazine groups is 1. The van der Waals surface area contributed by atoms with Gasteiger partial charge in [-0.1, -0.05) is 28.9 Å². The first-order valence-electron chi connectivity index (χ1n) is 11.4. The van der Waals surface area contributed by atoms with Crippen molar-refractivity contribution >= 4 is 35.3 Å². The predicted octanol–water partition coefficient (Wildman–Crippen LogP) is 4.13. The lowest BCUT2D eigenvalue weighted by atomic mass is 10.2. The van der Waals surface area contributed by atoms with Crippen LogP contribution in [0.2, 0.25) is 5.02 Å². The Morgan fingerprint density at radius 3 is 2.41 bits per heavy atom. The van der Waals surface area contributed by atoms with Gasteiger partial charge in [-0.15, -0.1) is 4.91 Å². The summed E-state index contributed by atoms with van der Waals surface area (Å²) in [4.78, 5) is 64.6. The van der Waals surface area contributed by atoms with Crippen molar-refractivity contribution in [3.05, 3.63) is 93.0 Å². The Labute approximate surface area is 226 Å². The van der Waals surface area contributed by atoms with Crippen LogP contribution in [0.5, 0.6) is 11.5 Å². The van der Waals surface area contributed by atoms with Crippen LogP contribution in [0.3, 0.4) is 0 Å². The second-order valence-electron chi connectivity index (χ2n) is 8.15. The minimum absolute atomic E-state index is 0.0691. The van der Waals surface area contributed by atoms with Crippen molar-refractivity contribution in [2.75, 3.05) is 18.4 Å². The van der Waals surface area contributed by atoms with Gasteiger partial charge in [0.1, 0.15) is 17.2 Å². The highest BCUT2D eigenvalue weighted by Crippen LogP contribution is 2.26. The molecule has 3 N–H and O–H groups in total. The second kappa shape index (κ2) is 12.1. The molecule has 5 amide bonds. The number of carbonyl (C=O) groups is 3. The highest BCUT2D eigenvalue weighted by Gasteiger charge is 2.43. The standard InChI is InChI=1S/C24H21ClN8O6/c25-16-3-1-15(2-4-16)14-32-22(33(26)24(36)31(23(32)35)12-11-28-37)29-17-5-7-18(8-6-17)39-19-9-10-27-20(13-19)21(34)30-38/h1-10,13,22,29H,11-12,14,26H2. The number of aromatic nitrogens is 1. The van der Waals surface area contributed by atoms with Crippen LogP contribution in [0, 0.1) is 9.81 Å². The van der Waals surface area contributed by atoms with Crippen molar-refractivity contribution in [1.82, 2.24) is 19.8 Å². The van der Waals surface area contributed by atoms with Crippen LogP contribution >= 0.6 is 11.6 Å². The molecule has 3 aromatic rings. The van der Waals surface area contributed by atoms with Crippen LogP contribution in [-0.4, -0.2) is 57.1 Å². The molecule has 1 aliphatic heterocycles. The Bertz CT molecular complexity index is 1390. The maximum atomic E-state index is 13.3. The largest absolute Gasteiger partial charge is 0.457 e. The Kier molecular flexibility index (Phi) is 8.38. The number of hydrogen-bond acceptors (Lipinski definition) is 10. The number of nitrogens with zero attached hydrogens (tertiary/aromatic N) is 6. The van der Waals surface area contributed by atoms with E-state index in [0.717, 1.165) is 15.5 Å². The fourth-order valence-corrected chi connectivity index (χ4v) is 3.82. The molecule has 0 spiro atoms. The highest BCUT2D eigenvalue weighted by atomic mass is 35.5. The zero-order valence-electron chi connectivity index (χ0n) is 20.1. The smallest absolute Gasteiger partial charge is 0.345 e. The van der Waals surface area contributed by atoms with Gasteiger partial charge in [-0.05, 0) is 48.0 Å². The Morgan fingerprint density at radius 1 is 1.03 bits per heavy atom. The van der Waals surface area contributed by atoms with Crippen molar-refractivity contribution in [1.29, 1.82) is 0 Å². The summed E-state index contributed by atoms with van der Waals surface area (Å²) < 4.78 is 5.71. The number of imide groups is 1. The number of pyridine rings is 1. The molecule has 15 heteroatoms. The summed E-state index contributed by atoms with van der Waals surface area (Å²) in [6, 6.07) is 14.6. The quantitative estimate of drug-likeness (QED) is 0.212. The van der Waals surface area contributed by atoms with E-state index in [9.17, 15) is 24.2 Å². The van der Waals surface area contributed by atoms with E-state index in [1.807, 2.05) is 0 Å². The Morgan fingerprint density at radius 2 is 1.74 bits per heavy atom. The minimum atomic E-state index is -1.09. The third-order valence-corrected chi connectivity index (χ3v) is 5.84. The number of halogens is 1. The summed E-state index contributed by atoms with van der Waals surface area (Å²) in [7, 11) is 0. The molecule has 1 saturated heterocycles. The lowest BCUT2D eigenvalue weighted by Crippen LogP contribution is -2.70. The lowest BCUT2D eigenvalue weighted by molar-refractivity contribution is 0.0384. The number of amides is 5. The number of rotatable bonds is 10. The van der Waals surface area contributed by atoms with Crippen LogP contribution in [0.15, 0.2) is 77.2 Å². The van der Waals surface area contributed by atoms with Gasteiger partial charge in [0.25, 0.3) is 0 Å². The maximum Gasteiger partial charge on any atom is 0.345 e. The van der Waals surface area contributed by atoms with E-state index in [0.29, 0.717) is 16.5 Å². The van der Waals surface area contributed by atoms with E-state index in [1.165, 1.54) is 23.2 Å². The Balaban J connectivity index is 1.54. The summed E-state index contributed by atoms with van der Waals surface area (Å²) in [5.74, 6) is 5.73. The Hall–Kier alpha value is -4.95. The van der Waals surface area contributed by atoms with Gasteiger partial charge in [0.2, 0.25) is 6.29 Å². The fourth-order valence-electron chi connectivity index (χ4n) is 3.70. The number of benzene rings is 2. The van der Waals surface area contributed by atoms with Crippen LogP contribution in [0.4, 0.5) is 15.3 Å². The average Bonchev–Trinajstić information content (AvgIpc) is 2.95. The number of hydrogen-bond donors (Lipinski definition) is 2. The fraction of sp³-hybridized carbons (Fsp3) is 0.167. The molecule has 1 atom stereocenters. The molecule has 1 unspecified atom stereocenters. The van der Waals surface area contributed by atoms with Crippen molar-refractivity contribution in [2.45, 2.75) is 12.8 Å². The topological polar surface area (TPSA) is 180 Å². The molecule has 0 radical (unpaired) electrons. The summed E-state index contributed by atoms with van der Waals surface area (Å²) in [5.41, 5.74) is 1.05. The van der Waals surface area contributed by atoms with E-state index < -0.39 is 24.3 Å². The number of nitrogens with two attached hydrogens (primary N) is 1. The zero-order chi connectivity index (χ0) is 27.9. The first kappa shape index (κ1) is 27.1. The number of anilines is 1. The second-order valence-corrected chi connectivity index (χ2v) is 8.59. The minimum Gasteiger partial charge on any atom is -0.457 e. The number of carbonyl (C=O) groups excluding carboxylic acids is 3. The number of nitrogens with one attached hydrogen (secondary N) is 1. The SMILES string of the molecule is NN1C(=O)N(CCN=O)C(=O)N(Cc2ccc(Cl)cc2)C1Nc1ccc(Oc2ccnc(C(=O)N=O)c2)cc1. The van der Waals surface area contributed by atoms with Crippen molar-refractivity contribution in [2.24, 2.45) is 16.2 Å². The normalized spacial score (nSPS) is 15.2. The first-order chi connectivity index (χ1) is 18.8. The molecule has 0 saturated carbocycles. The monoisotopic (exact) mass is 552 g/mol. The predicted molar refractivity (Wildman–Crippen MR) is 139 cm³/mol. The van der Waals surface area contributed by atoms with Crippen LogP contribution in [0.25, 0.3) is 0 Å². The first-order valence-corrected chi connectivity index (χ1v) is 11.8. The molecular weight excluding hydrogens is 532 g/mol. The van der Waals surface area contributed by atoms with Crippen LogP contribution in [0.1, 0.15) is 16.1 Å². The molecule has 4 rings (SSSR count). The summed E-state index contributed by atoms with van der Waals surface area (Å²) in [6.45, 7) is -0.436. The molecule has 14 nitrogen and oxygen atoms in total. The summed E-state index contributed by atoms with van der Waals surface area (Å²) >= 11 is 5.97. The third kappa shape index (κ3) is 6.31. The van der Waals surface area contributed by atoms with Gasteiger partial charge in [-0.3, -0.25) is 14.7 Å². The van der Waals surface area contributed by atoms with Gasteiger partial charge < -0.3 is 10.1 Å². The van der Waals surface area contributed by atoms with Gasteiger partial charge >= 0.3 is 18.0 Å². The van der Waals surface area contributed by atoms with Gasteiger partial charge in [-0.25, -0.2) is 25.3 Å². The van der Waals surface area contributed by atoms with Crippen molar-refractivity contribution in [3.8, 4) is 11.5 Å². The summed E-state index contributed by atoms with van der Waals surface area (Å²) in [6.07, 6.45) is 0.220. The molecule has 1 aromatic heterocycles. The van der Waals surface area contributed by atoms with Gasteiger partial charge in [0, 0.05) is 28.2 Å². The molecule has 39 heavy (non-hydrogen) atoms.